The van der Waals surface area contributed by atoms with E-state index in [4.69, 9.17) is 0 Å². The van der Waals surface area contributed by atoms with E-state index in [1.807, 2.05) is 0 Å². The van der Waals surface area contributed by atoms with Gasteiger partial charge in [0.1, 0.15) is 0 Å². The van der Waals surface area contributed by atoms with Gasteiger partial charge in [0, 0.05) is 23.6 Å². The molecule has 0 radical (unpaired) electrons. The summed E-state index contributed by atoms with van der Waals surface area (Å²) in [6.45, 7) is 0. The van der Waals surface area contributed by atoms with Crippen LogP contribution in [0.1, 0.15) is 46.3 Å². The second-order valence-corrected chi connectivity index (χ2v) is 4.77. The molecule has 4 nitrogen and oxygen atoms in total. The molecule has 0 unspecified atom stereocenters. The summed E-state index contributed by atoms with van der Waals surface area (Å²) in [7, 11) is 0. The van der Waals surface area contributed by atoms with Gasteiger partial charge in [0.25, 0.3) is 5.69 Å². The number of carbonyl (C=O) groups is 1. The molecule has 4 heteroatoms. The minimum Gasteiger partial charge on any atom is -0.294 e. The first-order valence-corrected chi connectivity index (χ1v) is 6.03. The largest absolute Gasteiger partial charge is 0.294 e. The van der Waals surface area contributed by atoms with Crippen LogP contribution in [0.25, 0.3) is 0 Å². The summed E-state index contributed by atoms with van der Waals surface area (Å²) >= 11 is 0. The van der Waals surface area contributed by atoms with Crippen LogP contribution in [0.2, 0.25) is 0 Å². The quantitative estimate of drug-likeness (QED) is 0.551. The van der Waals surface area contributed by atoms with Gasteiger partial charge in [-0.05, 0) is 43.2 Å². The maximum Gasteiger partial charge on any atom is 0.273 e. The molecule has 0 fully saturated rings. The number of rotatable bonds is 1. The number of Topliss-reactive ketones (excluding diaryl/α,β-unsaturated/α-hetero) is 1. The van der Waals surface area contributed by atoms with Crippen LogP contribution in [0.3, 0.4) is 0 Å². The molecule has 0 aromatic heterocycles. The van der Waals surface area contributed by atoms with Crippen molar-refractivity contribution in [3.05, 3.63) is 38.4 Å². The first kappa shape index (κ1) is 10.4. The number of nitrogens with zero attached hydrogens (tertiary/aromatic N) is 1. The van der Waals surface area contributed by atoms with E-state index >= 15 is 0 Å². The Morgan fingerprint density at radius 2 is 1.71 bits per heavy atom. The van der Waals surface area contributed by atoms with Gasteiger partial charge in [0.2, 0.25) is 0 Å². The highest BCUT2D eigenvalue weighted by Gasteiger charge is 2.31. The normalized spacial score (nSPS) is 17.8. The lowest BCUT2D eigenvalue weighted by molar-refractivity contribution is -0.385. The smallest absolute Gasteiger partial charge is 0.273 e. The van der Waals surface area contributed by atoms with Crippen LogP contribution >= 0.6 is 0 Å². The minimum absolute atomic E-state index is 0.0662. The molecular formula is C13H13NO3. The first-order chi connectivity index (χ1) is 8.18. The van der Waals surface area contributed by atoms with E-state index in [2.05, 4.69) is 0 Å². The number of hydrogen-bond donors (Lipinski definition) is 0. The zero-order valence-corrected chi connectivity index (χ0v) is 9.49. The fourth-order valence-electron chi connectivity index (χ4n) is 3.06. The summed E-state index contributed by atoms with van der Waals surface area (Å²) in [5, 5.41) is 11.1. The topological polar surface area (TPSA) is 60.2 Å². The van der Waals surface area contributed by atoms with Crippen LogP contribution in [0.5, 0.6) is 0 Å². The molecule has 0 bridgehead atoms. The Morgan fingerprint density at radius 1 is 1.00 bits per heavy atom. The van der Waals surface area contributed by atoms with Gasteiger partial charge in [-0.25, -0.2) is 0 Å². The number of hydrogen-bond acceptors (Lipinski definition) is 3. The molecule has 1 aromatic carbocycles. The second-order valence-electron chi connectivity index (χ2n) is 4.77. The maximum absolute atomic E-state index is 11.7. The third kappa shape index (κ3) is 1.47. The fraction of sp³-hybridized carbons (Fsp3) is 0.462. The van der Waals surface area contributed by atoms with Gasteiger partial charge < -0.3 is 0 Å². The highest BCUT2D eigenvalue weighted by Crippen LogP contribution is 2.38. The van der Waals surface area contributed by atoms with Crippen molar-refractivity contribution >= 4 is 11.5 Å². The average molecular weight is 231 g/mol. The maximum atomic E-state index is 11.7. The molecule has 0 atom stereocenters. The van der Waals surface area contributed by atoms with E-state index in [-0.39, 0.29) is 16.4 Å². The molecule has 0 amide bonds. The van der Waals surface area contributed by atoms with Crippen LogP contribution in [0, 0.1) is 10.1 Å². The molecule has 0 saturated carbocycles. The Kier molecular flexibility index (Phi) is 2.24. The highest BCUT2D eigenvalue weighted by atomic mass is 16.6. The van der Waals surface area contributed by atoms with Gasteiger partial charge >= 0.3 is 0 Å². The summed E-state index contributed by atoms with van der Waals surface area (Å²) in [5.41, 5.74) is 3.85. The van der Waals surface area contributed by atoms with Crippen molar-refractivity contribution in [3.8, 4) is 0 Å². The van der Waals surface area contributed by atoms with Gasteiger partial charge in [-0.15, -0.1) is 0 Å². The molecule has 3 rings (SSSR count). The number of carbonyl (C=O) groups excluding carboxylic acids is 1. The van der Waals surface area contributed by atoms with Crippen molar-refractivity contribution in [2.45, 2.75) is 38.5 Å². The van der Waals surface area contributed by atoms with Gasteiger partial charge in [-0.3, -0.25) is 14.9 Å². The molecule has 0 N–H and O–H groups in total. The van der Waals surface area contributed by atoms with Gasteiger partial charge in [0.15, 0.2) is 5.78 Å². The Balaban J connectivity index is 2.29. The summed E-state index contributed by atoms with van der Waals surface area (Å²) in [6.07, 6.45) is 5.06. The lowest BCUT2D eigenvalue weighted by Gasteiger charge is -2.18. The molecule has 17 heavy (non-hydrogen) atoms. The number of benzene rings is 1. The van der Waals surface area contributed by atoms with Crippen molar-refractivity contribution in [3.63, 3.8) is 0 Å². The third-order valence-corrected chi connectivity index (χ3v) is 3.85. The summed E-state index contributed by atoms with van der Waals surface area (Å²) in [5.74, 6) is 0.0662. The number of fused-ring (bicyclic) bond motifs is 3. The predicted molar refractivity (Wildman–Crippen MR) is 62.4 cm³/mol. The first-order valence-electron chi connectivity index (χ1n) is 6.03. The molecule has 0 spiro atoms. The zero-order valence-electron chi connectivity index (χ0n) is 9.49. The molecular weight excluding hydrogens is 218 g/mol. The van der Waals surface area contributed by atoms with Crippen LogP contribution in [0.4, 0.5) is 5.69 Å². The molecule has 0 saturated heterocycles. The highest BCUT2D eigenvalue weighted by molar-refractivity contribution is 6.01. The Hall–Kier alpha value is -1.71. The Bertz CT molecular complexity index is 534. The molecule has 2 aliphatic rings. The van der Waals surface area contributed by atoms with E-state index in [9.17, 15) is 14.9 Å². The second kappa shape index (κ2) is 3.65. The predicted octanol–water partition coefficient (Wildman–Crippen LogP) is 2.60. The SMILES string of the molecule is O=C1CCc2c1cc([N+](=O)[O-])c1c2CCCC1. The van der Waals surface area contributed by atoms with Crippen molar-refractivity contribution in [2.24, 2.45) is 0 Å². The zero-order chi connectivity index (χ0) is 12.0. The lowest BCUT2D eigenvalue weighted by atomic mass is 9.85. The van der Waals surface area contributed by atoms with Gasteiger partial charge in [-0.1, -0.05) is 0 Å². The summed E-state index contributed by atoms with van der Waals surface area (Å²) in [4.78, 5) is 22.4. The van der Waals surface area contributed by atoms with Crippen LogP contribution in [-0.2, 0) is 19.3 Å². The Labute approximate surface area is 98.8 Å². The van der Waals surface area contributed by atoms with Crippen molar-refractivity contribution in [1.82, 2.24) is 0 Å². The van der Waals surface area contributed by atoms with E-state index in [1.54, 1.807) is 0 Å². The number of nitro benzene ring substituents is 1. The third-order valence-electron chi connectivity index (χ3n) is 3.85. The monoisotopic (exact) mass is 231 g/mol. The van der Waals surface area contributed by atoms with Crippen LogP contribution in [-0.4, -0.2) is 10.7 Å². The summed E-state index contributed by atoms with van der Waals surface area (Å²) < 4.78 is 0. The minimum atomic E-state index is -0.337. The fourth-order valence-corrected chi connectivity index (χ4v) is 3.06. The number of ketones is 1. The average Bonchev–Trinajstić information content (AvgIpc) is 2.70. The standard InChI is InChI=1S/C13H13NO3/c15-13-6-5-9-8-3-1-2-4-10(8)12(14(16)17)7-11(9)13/h7H,1-6H2. The van der Waals surface area contributed by atoms with E-state index in [0.717, 1.165) is 48.8 Å². The summed E-state index contributed by atoms with van der Waals surface area (Å²) in [6, 6.07) is 1.51. The van der Waals surface area contributed by atoms with E-state index in [1.165, 1.54) is 6.07 Å². The van der Waals surface area contributed by atoms with E-state index in [0.29, 0.717) is 12.0 Å². The van der Waals surface area contributed by atoms with Crippen LogP contribution < -0.4 is 0 Å². The van der Waals surface area contributed by atoms with Gasteiger partial charge in [0.05, 0.1) is 4.92 Å². The van der Waals surface area contributed by atoms with Crippen molar-refractivity contribution < 1.29 is 9.72 Å². The van der Waals surface area contributed by atoms with Crippen molar-refractivity contribution in [1.29, 1.82) is 0 Å². The lowest BCUT2D eigenvalue weighted by Crippen LogP contribution is -2.10. The molecule has 0 heterocycles. The van der Waals surface area contributed by atoms with Gasteiger partial charge in [-0.2, -0.15) is 0 Å². The number of nitro groups is 1. The molecule has 1 aromatic rings. The Morgan fingerprint density at radius 3 is 2.41 bits per heavy atom. The van der Waals surface area contributed by atoms with E-state index < -0.39 is 0 Å². The van der Waals surface area contributed by atoms with Crippen LogP contribution in [0.15, 0.2) is 6.07 Å². The van der Waals surface area contributed by atoms with Crippen molar-refractivity contribution in [2.75, 3.05) is 0 Å². The molecule has 88 valence electrons. The molecule has 2 aliphatic carbocycles. The molecule has 0 aliphatic heterocycles.